The van der Waals surface area contributed by atoms with E-state index in [-0.39, 0.29) is 5.91 Å². The summed E-state index contributed by atoms with van der Waals surface area (Å²) in [6.07, 6.45) is 1.09. The number of likely N-dealkylation sites (N-methyl/N-ethyl adjacent to an activating group) is 1. The minimum Gasteiger partial charge on any atom is -0.365 e. The summed E-state index contributed by atoms with van der Waals surface area (Å²) in [5.74, 6) is 1.55. The lowest BCUT2D eigenvalue weighted by Gasteiger charge is -2.32. The fourth-order valence-electron chi connectivity index (χ4n) is 1.93. The smallest absolute Gasteiger partial charge is 0.250 e. The van der Waals surface area contributed by atoms with Crippen molar-refractivity contribution in [3.63, 3.8) is 0 Å². The van der Waals surface area contributed by atoms with E-state index in [1.807, 2.05) is 30.0 Å². The van der Waals surface area contributed by atoms with Crippen molar-refractivity contribution in [2.45, 2.75) is 6.10 Å². The second kappa shape index (κ2) is 5.83. The summed E-state index contributed by atoms with van der Waals surface area (Å²) >= 11 is 0. The Morgan fingerprint density at radius 3 is 3.00 bits per heavy atom. The summed E-state index contributed by atoms with van der Waals surface area (Å²) in [6.45, 7) is 1.74. The number of amides is 1. The van der Waals surface area contributed by atoms with Gasteiger partial charge in [-0.25, -0.2) is 9.97 Å². The van der Waals surface area contributed by atoms with E-state index in [9.17, 15) is 4.79 Å². The number of nitrogens with one attached hydrogen (secondary N) is 1. The molecule has 2 heterocycles. The highest BCUT2D eigenvalue weighted by atomic mass is 16.5. The Bertz CT molecular complexity index is 452. The van der Waals surface area contributed by atoms with Crippen molar-refractivity contribution in [3.8, 4) is 0 Å². The first-order valence-corrected chi connectivity index (χ1v) is 6.19. The first-order chi connectivity index (χ1) is 9.11. The van der Waals surface area contributed by atoms with Gasteiger partial charge in [-0.15, -0.1) is 0 Å². The topological polar surface area (TPSA) is 70.6 Å². The Hall–Kier alpha value is -1.89. The maximum Gasteiger partial charge on any atom is 0.250 e. The van der Waals surface area contributed by atoms with Crippen molar-refractivity contribution in [2.75, 3.05) is 50.6 Å². The van der Waals surface area contributed by atoms with Crippen LogP contribution in [0.4, 0.5) is 11.6 Å². The van der Waals surface area contributed by atoms with Gasteiger partial charge < -0.3 is 19.9 Å². The van der Waals surface area contributed by atoms with E-state index in [1.54, 1.807) is 7.05 Å². The van der Waals surface area contributed by atoms with Crippen molar-refractivity contribution < 1.29 is 9.53 Å². The standard InChI is InChI=1S/C12H19N5O2/c1-13-12(18)9-7-17(4-5-19-9)11-6-10(16(2)3)14-8-15-11/h6,8-9H,4-5,7H2,1-3H3,(H,13,18). The van der Waals surface area contributed by atoms with Gasteiger partial charge in [-0.2, -0.15) is 0 Å². The molecule has 7 heteroatoms. The van der Waals surface area contributed by atoms with Crippen molar-refractivity contribution in [1.29, 1.82) is 0 Å². The Morgan fingerprint density at radius 2 is 2.32 bits per heavy atom. The quantitative estimate of drug-likeness (QED) is 0.794. The summed E-state index contributed by atoms with van der Waals surface area (Å²) < 4.78 is 5.45. The summed E-state index contributed by atoms with van der Waals surface area (Å²) in [6, 6.07) is 1.91. The first-order valence-electron chi connectivity index (χ1n) is 6.19. The number of morpholine rings is 1. The van der Waals surface area contributed by atoms with Gasteiger partial charge in [0, 0.05) is 33.8 Å². The molecule has 0 saturated carbocycles. The molecule has 1 aromatic rings. The predicted molar refractivity (Wildman–Crippen MR) is 72.4 cm³/mol. The molecular weight excluding hydrogens is 246 g/mol. The van der Waals surface area contributed by atoms with Crippen LogP contribution in [0.15, 0.2) is 12.4 Å². The van der Waals surface area contributed by atoms with Crippen LogP contribution >= 0.6 is 0 Å². The number of carbonyl (C=O) groups excluding carboxylic acids is 1. The first kappa shape index (κ1) is 13.5. The zero-order chi connectivity index (χ0) is 13.8. The van der Waals surface area contributed by atoms with Gasteiger partial charge in [0.2, 0.25) is 0 Å². The van der Waals surface area contributed by atoms with Crippen molar-refractivity contribution in [3.05, 3.63) is 12.4 Å². The van der Waals surface area contributed by atoms with Gasteiger partial charge in [-0.3, -0.25) is 4.79 Å². The number of aromatic nitrogens is 2. The van der Waals surface area contributed by atoms with Crippen LogP contribution in [0, 0.1) is 0 Å². The van der Waals surface area contributed by atoms with E-state index >= 15 is 0 Å². The fourth-order valence-corrected chi connectivity index (χ4v) is 1.93. The molecular formula is C12H19N5O2. The lowest BCUT2D eigenvalue weighted by molar-refractivity contribution is -0.132. The number of hydrogen-bond acceptors (Lipinski definition) is 6. The molecule has 1 saturated heterocycles. The number of hydrogen-bond donors (Lipinski definition) is 1. The van der Waals surface area contributed by atoms with Gasteiger partial charge in [-0.1, -0.05) is 0 Å². The molecule has 1 N–H and O–H groups in total. The Labute approximate surface area is 112 Å². The van der Waals surface area contributed by atoms with Gasteiger partial charge >= 0.3 is 0 Å². The third-order valence-electron chi connectivity index (χ3n) is 3.03. The van der Waals surface area contributed by atoms with Gasteiger partial charge in [-0.05, 0) is 0 Å². The molecule has 1 unspecified atom stereocenters. The molecule has 104 valence electrons. The largest absolute Gasteiger partial charge is 0.365 e. The molecule has 0 aliphatic carbocycles. The van der Waals surface area contributed by atoms with Crippen LogP contribution in [0.3, 0.4) is 0 Å². The van der Waals surface area contributed by atoms with E-state index < -0.39 is 6.10 Å². The van der Waals surface area contributed by atoms with Crippen LogP contribution in [0.5, 0.6) is 0 Å². The molecule has 1 atom stereocenters. The molecule has 0 aromatic carbocycles. The van der Waals surface area contributed by atoms with Crippen LogP contribution in [0.25, 0.3) is 0 Å². The fraction of sp³-hybridized carbons (Fsp3) is 0.583. The number of nitrogens with zero attached hydrogens (tertiary/aromatic N) is 4. The summed E-state index contributed by atoms with van der Waals surface area (Å²) in [4.78, 5) is 24.0. The van der Waals surface area contributed by atoms with Crippen molar-refractivity contribution in [2.24, 2.45) is 0 Å². The Kier molecular flexibility index (Phi) is 4.16. The van der Waals surface area contributed by atoms with Crippen LogP contribution < -0.4 is 15.1 Å². The lowest BCUT2D eigenvalue weighted by Crippen LogP contribution is -2.49. The summed E-state index contributed by atoms with van der Waals surface area (Å²) in [5.41, 5.74) is 0. The lowest BCUT2D eigenvalue weighted by atomic mass is 10.2. The maximum absolute atomic E-state index is 11.6. The van der Waals surface area contributed by atoms with Crippen LogP contribution in [-0.2, 0) is 9.53 Å². The molecule has 0 radical (unpaired) electrons. The molecule has 7 nitrogen and oxygen atoms in total. The minimum absolute atomic E-state index is 0.105. The van der Waals surface area contributed by atoms with Gasteiger partial charge in [0.15, 0.2) is 6.10 Å². The minimum atomic E-state index is -0.448. The molecule has 1 aliphatic heterocycles. The molecule has 1 aliphatic rings. The Morgan fingerprint density at radius 1 is 1.53 bits per heavy atom. The normalized spacial score (nSPS) is 19.1. The number of carbonyl (C=O) groups is 1. The van der Waals surface area contributed by atoms with Crippen molar-refractivity contribution >= 4 is 17.5 Å². The zero-order valence-electron chi connectivity index (χ0n) is 11.5. The highest BCUT2D eigenvalue weighted by Crippen LogP contribution is 2.18. The van der Waals surface area contributed by atoms with Crippen LogP contribution in [0.1, 0.15) is 0 Å². The zero-order valence-corrected chi connectivity index (χ0v) is 11.5. The van der Waals surface area contributed by atoms with E-state index in [4.69, 9.17) is 4.74 Å². The van der Waals surface area contributed by atoms with Gasteiger partial charge in [0.05, 0.1) is 13.2 Å². The van der Waals surface area contributed by atoms with Crippen LogP contribution in [0.2, 0.25) is 0 Å². The monoisotopic (exact) mass is 265 g/mol. The molecule has 1 fully saturated rings. The van der Waals surface area contributed by atoms with Crippen molar-refractivity contribution in [1.82, 2.24) is 15.3 Å². The van der Waals surface area contributed by atoms with Crippen LogP contribution in [-0.4, -0.2) is 62.8 Å². The third-order valence-corrected chi connectivity index (χ3v) is 3.03. The van der Waals surface area contributed by atoms with Gasteiger partial charge in [0.25, 0.3) is 5.91 Å². The molecule has 1 aromatic heterocycles. The molecule has 19 heavy (non-hydrogen) atoms. The molecule has 2 rings (SSSR count). The summed E-state index contributed by atoms with van der Waals surface area (Å²) in [7, 11) is 5.47. The maximum atomic E-state index is 11.6. The van der Waals surface area contributed by atoms with E-state index in [0.717, 1.165) is 18.2 Å². The second-order valence-corrected chi connectivity index (χ2v) is 4.55. The highest BCUT2D eigenvalue weighted by Gasteiger charge is 2.26. The second-order valence-electron chi connectivity index (χ2n) is 4.55. The Balaban J connectivity index is 2.13. The average Bonchev–Trinajstić information content (AvgIpc) is 2.46. The molecule has 0 bridgehead atoms. The third kappa shape index (κ3) is 3.11. The molecule has 0 spiro atoms. The van der Waals surface area contributed by atoms with E-state index in [2.05, 4.69) is 15.3 Å². The summed E-state index contributed by atoms with van der Waals surface area (Å²) in [5, 5.41) is 2.60. The van der Waals surface area contributed by atoms with E-state index in [0.29, 0.717) is 13.2 Å². The highest BCUT2D eigenvalue weighted by molar-refractivity contribution is 5.81. The number of anilines is 2. The molecule has 1 amide bonds. The number of ether oxygens (including phenoxy) is 1. The average molecular weight is 265 g/mol. The SMILES string of the molecule is CNC(=O)C1CN(c2cc(N(C)C)ncn2)CCO1. The van der Waals surface area contributed by atoms with Gasteiger partial charge in [0.1, 0.15) is 18.0 Å². The van der Waals surface area contributed by atoms with E-state index in [1.165, 1.54) is 6.33 Å². The predicted octanol–water partition coefficient (Wildman–Crippen LogP) is -0.506. The number of rotatable bonds is 3.